The summed E-state index contributed by atoms with van der Waals surface area (Å²) in [5, 5.41) is 0.478. The molecule has 0 spiro atoms. The van der Waals surface area contributed by atoms with Crippen molar-refractivity contribution in [3.8, 4) is 0 Å². The second kappa shape index (κ2) is 27.5. The van der Waals surface area contributed by atoms with Crippen molar-refractivity contribution in [2.45, 2.75) is 40.0 Å². The largest absolute Gasteiger partial charge is 1.00 e. The quantitative estimate of drug-likeness (QED) is 0.0539. The molecule has 14 nitrogen and oxygen atoms in total. The first kappa shape index (κ1) is 47.9. The number of esters is 7. The van der Waals surface area contributed by atoms with Crippen LogP contribution in [0, 0.1) is 5.41 Å². The van der Waals surface area contributed by atoms with E-state index in [1.165, 1.54) is 14.2 Å². The van der Waals surface area contributed by atoms with Crippen LogP contribution in [-0.2, 0) is 66.7 Å². The molecule has 16 heteroatoms. The Labute approximate surface area is 289 Å². The number of hydrogen-bond donors (Lipinski definition) is 0. The summed E-state index contributed by atoms with van der Waals surface area (Å²) in [6.45, 7) is 16.1. The van der Waals surface area contributed by atoms with Crippen LogP contribution in [0.2, 0.25) is 0 Å². The average Bonchev–Trinajstić information content (AvgIpc) is 2.99. The molecule has 246 valence electrons. The Hall–Kier alpha value is -3.01. The molecule has 0 aromatic heterocycles. The van der Waals surface area contributed by atoms with Crippen LogP contribution in [0.15, 0.2) is 36.5 Å². The third-order valence-electron chi connectivity index (χ3n) is 4.78. The van der Waals surface area contributed by atoms with E-state index in [0.717, 1.165) is 14.2 Å². The number of halogens is 1. The van der Waals surface area contributed by atoms with Gasteiger partial charge in [0.05, 0.1) is 48.3 Å². The normalized spacial score (nSPS) is 9.36. The van der Waals surface area contributed by atoms with Gasteiger partial charge < -0.3 is 34.6 Å². The fourth-order valence-electron chi connectivity index (χ4n) is 2.71. The Morgan fingerprint density at radius 2 is 0.886 bits per heavy atom. The van der Waals surface area contributed by atoms with Gasteiger partial charge in [0.25, 0.3) is 0 Å². The van der Waals surface area contributed by atoms with E-state index in [9.17, 15) is 33.6 Å². The molecule has 0 amide bonds. The SMILES string of the molecule is C=C(CBr)C(=O)OCC.C=C(CC(CC(=C)C(=O)OCC)(C(=O)OC)C(=O)OC)C(=O)OCC.COC(=O)CC(=O)OC.[H-].[Na+]. The molecule has 0 unspecified atom stereocenters. The first-order valence-corrected chi connectivity index (χ1v) is 13.7. The van der Waals surface area contributed by atoms with Gasteiger partial charge in [-0.05, 0) is 20.8 Å². The number of ether oxygens (including phenoxy) is 7. The van der Waals surface area contributed by atoms with Crippen molar-refractivity contribution in [1.82, 2.24) is 0 Å². The van der Waals surface area contributed by atoms with Crippen molar-refractivity contribution in [2.75, 3.05) is 53.6 Å². The zero-order valence-corrected chi connectivity index (χ0v) is 30.3. The fourth-order valence-corrected chi connectivity index (χ4v) is 2.94. The zero-order valence-electron chi connectivity index (χ0n) is 27.7. The predicted octanol–water partition coefficient (Wildman–Crippen LogP) is -0.323. The van der Waals surface area contributed by atoms with Crippen LogP contribution >= 0.6 is 15.9 Å². The van der Waals surface area contributed by atoms with Crippen LogP contribution in [0.25, 0.3) is 0 Å². The number of methoxy groups -OCH3 is 4. The van der Waals surface area contributed by atoms with Crippen LogP contribution in [0.4, 0.5) is 0 Å². The molecule has 0 heterocycles. The summed E-state index contributed by atoms with van der Waals surface area (Å²) in [5.41, 5.74) is -1.84. The molecule has 0 aromatic rings. The Kier molecular flexibility index (Phi) is 30.0. The summed E-state index contributed by atoms with van der Waals surface area (Å²) < 4.78 is 32.0. The van der Waals surface area contributed by atoms with Gasteiger partial charge in [-0.2, -0.15) is 0 Å². The second-order valence-corrected chi connectivity index (χ2v) is 8.41. The predicted molar refractivity (Wildman–Crippen MR) is 157 cm³/mol. The minimum Gasteiger partial charge on any atom is -1.00 e. The maximum Gasteiger partial charge on any atom is 1.00 e. The van der Waals surface area contributed by atoms with Gasteiger partial charge in [-0.25, -0.2) is 14.4 Å². The molecule has 0 aromatic carbocycles. The summed E-state index contributed by atoms with van der Waals surface area (Å²) in [5.74, 6) is -5.02. The first-order chi connectivity index (χ1) is 20.1. The van der Waals surface area contributed by atoms with E-state index in [4.69, 9.17) is 18.9 Å². The molecule has 0 N–H and O–H groups in total. The van der Waals surface area contributed by atoms with Gasteiger partial charge in [0.15, 0.2) is 5.41 Å². The summed E-state index contributed by atoms with van der Waals surface area (Å²) in [6, 6.07) is 0. The Bertz CT molecular complexity index is 965. The molecule has 0 atom stereocenters. The number of hydrogen-bond acceptors (Lipinski definition) is 14. The number of rotatable bonds is 15. The van der Waals surface area contributed by atoms with Crippen LogP contribution < -0.4 is 29.6 Å². The van der Waals surface area contributed by atoms with E-state index in [1.807, 2.05) is 0 Å². The Balaban J connectivity index is -0.000000219. The van der Waals surface area contributed by atoms with Gasteiger partial charge in [0, 0.05) is 34.9 Å². The van der Waals surface area contributed by atoms with Crippen molar-refractivity contribution in [2.24, 2.45) is 5.41 Å². The maximum atomic E-state index is 12.4. The minimum absolute atomic E-state index is 0. The molecule has 44 heavy (non-hydrogen) atoms. The molecule has 0 aliphatic rings. The summed E-state index contributed by atoms with van der Waals surface area (Å²) in [4.78, 5) is 79.5. The van der Waals surface area contributed by atoms with Crippen LogP contribution in [0.5, 0.6) is 0 Å². The molecule has 0 saturated heterocycles. The fraction of sp³-hybridized carbons (Fsp3) is 0.536. The molecule has 0 aliphatic carbocycles. The average molecular weight is 706 g/mol. The monoisotopic (exact) mass is 704 g/mol. The molecule has 0 fully saturated rings. The summed E-state index contributed by atoms with van der Waals surface area (Å²) in [7, 11) is 4.57. The van der Waals surface area contributed by atoms with Crippen molar-refractivity contribution >= 4 is 57.7 Å². The molecular formula is C28H42BrNaO14. The smallest absolute Gasteiger partial charge is 1.00 e. The molecule has 0 saturated carbocycles. The molecule has 0 aliphatic heterocycles. The molecule has 0 bridgehead atoms. The van der Waals surface area contributed by atoms with Gasteiger partial charge in [0.1, 0.15) is 6.42 Å². The molecule has 0 rings (SSSR count). The van der Waals surface area contributed by atoms with E-state index >= 15 is 0 Å². The zero-order chi connectivity index (χ0) is 34.2. The van der Waals surface area contributed by atoms with Gasteiger partial charge in [0.2, 0.25) is 0 Å². The van der Waals surface area contributed by atoms with Crippen LogP contribution in [0.3, 0.4) is 0 Å². The minimum atomic E-state index is -2.00. The maximum absolute atomic E-state index is 12.4. The van der Waals surface area contributed by atoms with Gasteiger partial charge >= 0.3 is 71.3 Å². The standard InChI is InChI=1S/C17H24O8.C6H9BrO2.C5H8O4.Na.H/c1-7-24-13(18)11(3)9-17(15(20)22-5,16(21)23-6)10-12(4)14(19)25-8-2;1-3-9-6(8)5(2)4-7;1-8-4(6)3-5(7)9-2;;/h3-4,7-10H2,1-2,5-6H3;2-4H2,1H3;3H2,1-2H3;;/q;;;+1;-1. The van der Waals surface area contributed by atoms with E-state index in [1.54, 1.807) is 20.8 Å². The van der Waals surface area contributed by atoms with Crippen LogP contribution in [0.1, 0.15) is 41.5 Å². The van der Waals surface area contributed by atoms with E-state index in [-0.39, 0.29) is 67.7 Å². The first-order valence-electron chi connectivity index (χ1n) is 12.5. The number of carbonyl (C=O) groups is 7. The van der Waals surface area contributed by atoms with Crippen LogP contribution in [-0.4, -0.2) is 95.4 Å². The van der Waals surface area contributed by atoms with E-state index in [2.05, 4.69) is 49.9 Å². The Morgan fingerprint density at radius 3 is 1.11 bits per heavy atom. The van der Waals surface area contributed by atoms with Crippen molar-refractivity contribution in [3.63, 3.8) is 0 Å². The molecular weight excluding hydrogens is 663 g/mol. The summed E-state index contributed by atoms with van der Waals surface area (Å²) >= 11 is 3.08. The number of alkyl halides is 1. The second-order valence-electron chi connectivity index (χ2n) is 7.85. The molecule has 0 radical (unpaired) electrons. The third-order valence-corrected chi connectivity index (χ3v) is 5.46. The van der Waals surface area contributed by atoms with Gasteiger partial charge in [-0.1, -0.05) is 35.7 Å². The Morgan fingerprint density at radius 1 is 0.591 bits per heavy atom. The van der Waals surface area contributed by atoms with Crippen molar-refractivity contribution < 1.29 is 97.7 Å². The van der Waals surface area contributed by atoms with E-state index < -0.39 is 54.1 Å². The van der Waals surface area contributed by atoms with Gasteiger partial charge in [-0.15, -0.1) is 0 Å². The van der Waals surface area contributed by atoms with Crippen molar-refractivity contribution in [1.29, 1.82) is 0 Å². The van der Waals surface area contributed by atoms with E-state index in [0.29, 0.717) is 17.5 Å². The van der Waals surface area contributed by atoms with Gasteiger partial charge in [-0.3, -0.25) is 19.2 Å². The third kappa shape index (κ3) is 19.3. The topological polar surface area (TPSA) is 184 Å². The van der Waals surface area contributed by atoms with Crippen molar-refractivity contribution in [3.05, 3.63) is 36.5 Å². The summed E-state index contributed by atoms with van der Waals surface area (Å²) in [6.07, 6.45) is -1.22. The number of carbonyl (C=O) groups excluding carboxylic acids is 7.